The third-order valence-electron chi connectivity index (χ3n) is 2.44. The summed E-state index contributed by atoms with van der Waals surface area (Å²) in [5.41, 5.74) is 7.65. The van der Waals surface area contributed by atoms with Crippen molar-refractivity contribution in [2.45, 2.75) is 13.5 Å². The number of aromatic hydroxyl groups is 1. The molecule has 0 saturated carbocycles. The van der Waals surface area contributed by atoms with Gasteiger partial charge in [0.2, 0.25) is 0 Å². The van der Waals surface area contributed by atoms with Gasteiger partial charge < -0.3 is 15.4 Å². The molecule has 14 heavy (non-hydrogen) atoms. The zero-order valence-corrected chi connectivity index (χ0v) is 8.20. The van der Waals surface area contributed by atoms with E-state index in [2.05, 4.69) is 4.57 Å². The molecule has 0 aliphatic heterocycles. The minimum absolute atomic E-state index is 0.343. The maximum atomic E-state index is 9.69. The number of aromatic nitrogens is 1. The Balaban J connectivity index is 2.71. The fourth-order valence-corrected chi connectivity index (χ4v) is 1.86. The number of phenolic OH excluding ortho intramolecular Hbond substituents is 1. The van der Waals surface area contributed by atoms with Crippen molar-refractivity contribution in [1.82, 2.24) is 4.57 Å². The first kappa shape index (κ1) is 9.09. The number of phenols is 1. The monoisotopic (exact) mass is 190 g/mol. The largest absolute Gasteiger partial charge is 0.507 e. The Morgan fingerprint density at radius 3 is 2.93 bits per heavy atom. The van der Waals surface area contributed by atoms with Crippen LogP contribution in [0.3, 0.4) is 0 Å². The molecule has 74 valence electrons. The van der Waals surface area contributed by atoms with Crippen molar-refractivity contribution in [2.75, 3.05) is 6.54 Å². The normalized spacial score (nSPS) is 11.0. The summed E-state index contributed by atoms with van der Waals surface area (Å²) < 4.78 is 2.07. The van der Waals surface area contributed by atoms with E-state index in [1.807, 2.05) is 25.3 Å². The van der Waals surface area contributed by atoms with Crippen molar-refractivity contribution >= 4 is 10.9 Å². The molecule has 3 heteroatoms. The van der Waals surface area contributed by atoms with Gasteiger partial charge in [-0.05, 0) is 24.6 Å². The fourth-order valence-electron chi connectivity index (χ4n) is 1.86. The van der Waals surface area contributed by atoms with E-state index in [-0.39, 0.29) is 0 Å². The smallest absolute Gasteiger partial charge is 0.125 e. The predicted molar refractivity (Wildman–Crippen MR) is 57.4 cm³/mol. The van der Waals surface area contributed by atoms with Crippen LogP contribution in [-0.4, -0.2) is 16.2 Å². The Hall–Kier alpha value is -1.48. The number of benzene rings is 1. The highest BCUT2D eigenvalue weighted by atomic mass is 16.3. The van der Waals surface area contributed by atoms with Crippen LogP contribution in [0.15, 0.2) is 24.4 Å². The van der Waals surface area contributed by atoms with Crippen LogP contribution < -0.4 is 5.73 Å². The number of rotatable bonds is 2. The number of hydrogen-bond acceptors (Lipinski definition) is 2. The second-order valence-corrected chi connectivity index (χ2v) is 3.47. The molecule has 1 heterocycles. The van der Waals surface area contributed by atoms with E-state index in [0.717, 1.165) is 23.0 Å². The fraction of sp³-hybridized carbons (Fsp3) is 0.273. The maximum Gasteiger partial charge on any atom is 0.125 e. The molecule has 0 radical (unpaired) electrons. The van der Waals surface area contributed by atoms with Gasteiger partial charge in [-0.2, -0.15) is 0 Å². The van der Waals surface area contributed by atoms with Gasteiger partial charge in [0.1, 0.15) is 5.75 Å². The molecule has 0 fully saturated rings. The van der Waals surface area contributed by atoms with E-state index in [9.17, 15) is 5.11 Å². The van der Waals surface area contributed by atoms with Gasteiger partial charge in [0.25, 0.3) is 0 Å². The highest BCUT2D eigenvalue weighted by Crippen LogP contribution is 2.28. The second kappa shape index (κ2) is 3.35. The van der Waals surface area contributed by atoms with E-state index in [4.69, 9.17) is 5.73 Å². The molecule has 0 aliphatic rings. The van der Waals surface area contributed by atoms with Gasteiger partial charge in [0.05, 0.1) is 5.52 Å². The molecule has 0 bridgehead atoms. The standard InChI is InChI=1S/C11H14N2O/c1-8-7-13(6-5-12)9-3-2-4-10(14)11(8)9/h2-4,7,14H,5-6,12H2,1H3. The molecule has 0 atom stereocenters. The lowest BCUT2D eigenvalue weighted by molar-refractivity contribution is 0.481. The summed E-state index contributed by atoms with van der Waals surface area (Å²) in [5, 5.41) is 10.6. The quantitative estimate of drug-likeness (QED) is 0.756. The van der Waals surface area contributed by atoms with Crippen LogP contribution in [0.4, 0.5) is 0 Å². The van der Waals surface area contributed by atoms with E-state index in [0.29, 0.717) is 12.3 Å². The predicted octanol–water partition coefficient (Wildman–Crippen LogP) is 1.61. The number of aryl methyl sites for hydroxylation is 1. The summed E-state index contributed by atoms with van der Waals surface area (Å²) in [6.07, 6.45) is 2.03. The van der Waals surface area contributed by atoms with Crippen LogP contribution in [0.2, 0.25) is 0 Å². The Morgan fingerprint density at radius 1 is 1.43 bits per heavy atom. The van der Waals surface area contributed by atoms with Crippen LogP contribution >= 0.6 is 0 Å². The van der Waals surface area contributed by atoms with E-state index in [1.165, 1.54) is 0 Å². The first-order chi connectivity index (χ1) is 6.74. The van der Waals surface area contributed by atoms with Crippen LogP contribution in [0.25, 0.3) is 10.9 Å². The van der Waals surface area contributed by atoms with Crippen molar-refractivity contribution in [2.24, 2.45) is 5.73 Å². The maximum absolute atomic E-state index is 9.69. The van der Waals surface area contributed by atoms with Crippen molar-refractivity contribution in [3.63, 3.8) is 0 Å². The molecule has 3 nitrogen and oxygen atoms in total. The van der Waals surface area contributed by atoms with E-state index in [1.54, 1.807) is 6.07 Å². The average Bonchev–Trinajstić information content (AvgIpc) is 2.46. The van der Waals surface area contributed by atoms with Crippen molar-refractivity contribution in [3.8, 4) is 5.75 Å². The summed E-state index contributed by atoms with van der Waals surface area (Å²) in [6, 6.07) is 5.56. The van der Waals surface area contributed by atoms with Crippen molar-refractivity contribution in [1.29, 1.82) is 0 Å². The summed E-state index contributed by atoms with van der Waals surface area (Å²) >= 11 is 0. The molecule has 0 aliphatic carbocycles. The third-order valence-corrected chi connectivity index (χ3v) is 2.44. The minimum Gasteiger partial charge on any atom is -0.507 e. The lowest BCUT2D eigenvalue weighted by Gasteiger charge is -2.02. The zero-order chi connectivity index (χ0) is 10.1. The lowest BCUT2D eigenvalue weighted by atomic mass is 10.2. The molecule has 3 N–H and O–H groups in total. The highest BCUT2D eigenvalue weighted by molar-refractivity contribution is 5.89. The Labute approximate surface area is 82.8 Å². The lowest BCUT2D eigenvalue weighted by Crippen LogP contribution is -2.08. The summed E-state index contributed by atoms with van der Waals surface area (Å²) in [6.45, 7) is 3.39. The van der Waals surface area contributed by atoms with Crippen LogP contribution in [0.5, 0.6) is 5.75 Å². The first-order valence-electron chi connectivity index (χ1n) is 4.71. The molecular weight excluding hydrogens is 176 g/mol. The summed E-state index contributed by atoms with van der Waals surface area (Å²) in [7, 11) is 0. The van der Waals surface area contributed by atoms with Crippen LogP contribution in [-0.2, 0) is 6.54 Å². The van der Waals surface area contributed by atoms with Gasteiger partial charge in [0.15, 0.2) is 0 Å². The van der Waals surface area contributed by atoms with Gasteiger partial charge in [-0.1, -0.05) is 6.07 Å². The number of nitrogens with two attached hydrogens (primary N) is 1. The third kappa shape index (κ3) is 1.26. The minimum atomic E-state index is 0.343. The molecule has 2 rings (SSSR count). The van der Waals surface area contributed by atoms with Crippen molar-refractivity contribution < 1.29 is 5.11 Å². The van der Waals surface area contributed by atoms with Crippen molar-refractivity contribution in [3.05, 3.63) is 30.0 Å². The Bertz CT molecular complexity index is 460. The second-order valence-electron chi connectivity index (χ2n) is 3.47. The molecule has 0 unspecified atom stereocenters. The van der Waals surface area contributed by atoms with Gasteiger partial charge >= 0.3 is 0 Å². The molecule has 0 spiro atoms. The topological polar surface area (TPSA) is 51.2 Å². The molecule has 2 aromatic rings. The molecular formula is C11H14N2O. The van der Waals surface area contributed by atoms with Crippen LogP contribution in [0, 0.1) is 6.92 Å². The Morgan fingerprint density at radius 2 is 2.21 bits per heavy atom. The molecule has 0 saturated heterocycles. The van der Waals surface area contributed by atoms with Gasteiger partial charge in [-0.25, -0.2) is 0 Å². The number of hydrogen-bond donors (Lipinski definition) is 2. The Kier molecular flexibility index (Phi) is 2.17. The van der Waals surface area contributed by atoms with Gasteiger partial charge in [-0.15, -0.1) is 0 Å². The van der Waals surface area contributed by atoms with Crippen LogP contribution in [0.1, 0.15) is 5.56 Å². The number of nitrogens with zero attached hydrogens (tertiary/aromatic N) is 1. The van der Waals surface area contributed by atoms with E-state index < -0.39 is 0 Å². The van der Waals surface area contributed by atoms with Gasteiger partial charge in [-0.3, -0.25) is 0 Å². The SMILES string of the molecule is Cc1cn(CCN)c2cccc(O)c12. The molecule has 1 aromatic heterocycles. The number of fused-ring (bicyclic) bond motifs is 1. The first-order valence-corrected chi connectivity index (χ1v) is 4.71. The average molecular weight is 190 g/mol. The molecule has 1 aromatic carbocycles. The summed E-state index contributed by atoms with van der Waals surface area (Å²) in [5.74, 6) is 0.343. The van der Waals surface area contributed by atoms with E-state index >= 15 is 0 Å². The zero-order valence-electron chi connectivity index (χ0n) is 8.20. The molecule has 0 amide bonds. The van der Waals surface area contributed by atoms with Gasteiger partial charge in [0, 0.05) is 24.7 Å². The summed E-state index contributed by atoms with van der Waals surface area (Å²) in [4.78, 5) is 0. The highest BCUT2D eigenvalue weighted by Gasteiger charge is 2.07.